The van der Waals surface area contributed by atoms with Gasteiger partial charge in [0.25, 0.3) is 5.91 Å². The third-order valence-corrected chi connectivity index (χ3v) is 5.68. The van der Waals surface area contributed by atoms with Crippen molar-refractivity contribution in [2.75, 3.05) is 51.1 Å². The highest BCUT2D eigenvalue weighted by molar-refractivity contribution is 6.04. The molecule has 1 aliphatic rings. The highest BCUT2D eigenvalue weighted by Crippen LogP contribution is 2.23. The van der Waals surface area contributed by atoms with Gasteiger partial charge in [0.15, 0.2) is 0 Å². The number of likely N-dealkylation sites (N-methyl/N-ethyl adjacent to an activating group) is 1. The third-order valence-electron chi connectivity index (χ3n) is 5.68. The van der Waals surface area contributed by atoms with Gasteiger partial charge in [-0.05, 0) is 50.3 Å². The maximum absolute atomic E-state index is 11.6. The molecule has 1 fully saturated rings. The Labute approximate surface area is 176 Å². The summed E-state index contributed by atoms with van der Waals surface area (Å²) >= 11 is 0. The minimum Gasteiger partial charge on any atom is -0.369 e. The summed E-state index contributed by atoms with van der Waals surface area (Å²) in [6.45, 7) is 9.88. The fourth-order valence-electron chi connectivity index (χ4n) is 3.91. The van der Waals surface area contributed by atoms with Crippen LogP contribution < -0.4 is 11.1 Å². The first-order valence-electron chi connectivity index (χ1n) is 10.6. The first-order chi connectivity index (χ1) is 14.6. The average Bonchev–Trinajstić information content (AvgIpc) is 3.07. The first kappa shape index (κ1) is 20.3. The molecule has 4 rings (SSSR count). The van der Waals surface area contributed by atoms with Crippen LogP contribution in [-0.2, 0) is 0 Å². The Morgan fingerprint density at radius 2 is 2.00 bits per heavy atom. The normalized spacial score (nSPS) is 15.9. The van der Waals surface area contributed by atoms with Gasteiger partial charge in [-0.25, -0.2) is 9.97 Å². The summed E-state index contributed by atoms with van der Waals surface area (Å²) in [5.41, 5.74) is 8.09. The predicted octanol–water partition coefficient (Wildman–Crippen LogP) is 2.16. The monoisotopic (exact) mass is 407 g/mol. The Hall–Kier alpha value is -2.97. The number of pyridine rings is 1. The highest BCUT2D eigenvalue weighted by Gasteiger charge is 2.14. The number of benzene rings is 1. The van der Waals surface area contributed by atoms with Gasteiger partial charge in [0.1, 0.15) is 17.2 Å². The summed E-state index contributed by atoms with van der Waals surface area (Å²) in [4.78, 5) is 28.9. The fraction of sp³-hybridized carbons (Fsp3) is 0.409. The maximum atomic E-state index is 11.6. The van der Waals surface area contributed by atoms with E-state index in [2.05, 4.69) is 37.0 Å². The number of H-pyrrole nitrogens is 1. The summed E-state index contributed by atoms with van der Waals surface area (Å²) < 4.78 is 0. The molecule has 1 aliphatic heterocycles. The van der Waals surface area contributed by atoms with Crippen LogP contribution in [0.2, 0.25) is 0 Å². The second-order valence-corrected chi connectivity index (χ2v) is 7.64. The number of hydrogen-bond acceptors (Lipinski definition) is 6. The Morgan fingerprint density at radius 1 is 1.17 bits per heavy atom. The van der Waals surface area contributed by atoms with Crippen molar-refractivity contribution in [1.82, 2.24) is 24.8 Å². The Bertz CT molecular complexity index is 998. The molecule has 3 aromatic rings. The average molecular weight is 408 g/mol. The molecule has 2 aromatic heterocycles. The molecule has 0 spiro atoms. The number of nitrogens with one attached hydrogen (secondary N) is 2. The first-order valence-corrected chi connectivity index (χ1v) is 10.6. The number of imidazole rings is 1. The molecule has 0 bridgehead atoms. The van der Waals surface area contributed by atoms with E-state index >= 15 is 0 Å². The van der Waals surface area contributed by atoms with Crippen LogP contribution in [0.3, 0.4) is 0 Å². The maximum Gasteiger partial charge on any atom is 0.250 e. The van der Waals surface area contributed by atoms with Crippen molar-refractivity contribution in [2.45, 2.75) is 13.3 Å². The molecule has 0 atom stereocenters. The molecule has 158 valence electrons. The topological polar surface area (TPSA) is 103 Å². The Kier molecular flexibility index (Phi) is 6.25. The van der Waals surface area contributed by atoms with Crippen molar-refractivity contribution >= 4 is 22.8 Å². The standard InChI is InChI=1S/C22H29N7O/c1-2-28-10-4-11-29(14-13-28)12-9-24-19-8-7-16(15-25-19)22-26-18-6-3-5-17(21(23)30)20(18)27-22/h3,5-8,15H,2,4,9-14H2,1H3,(H2,23,30)(H,24,25)(H,26,27). The second-order valence-electron chi connectivity index (χ2n) is 7.64. The van der Waals surface area contributed by atoms with E-state index in [0.29, 0.717) is 16.9 Å². The number of anilines is 1. The van der Waals surface area contributed by atoms with E-state index in [4.69, 9.17) is 5.73 Å². The molecule has 0 unspecified atom stereocenters. The zero-order valence-electron chi connectivity index (χ0n) is 17.4. The van der Waals surface area contributed by atoms with E-state index in [1.54, 1.807) is 18.3 Å². The van der Waals surface area contributed by atoms with Gasteiger partial charge in [0.05, 0.1) is 11.1 Å². The molecule has 1 saturated heterocycles. The van der Waals surface area contributed by atoms with Crippen LogP contribution in [0.1, 0.15) is 23.7 Å². The summed E-state index contributed by atoms with van der Waals surface area (Å²) in [5.74, 6) is 1.03. The minimum absolute atomic E-state index is 0.414. The van der Waals surface area contributed by atoms with Crippen LogP contribution in [0, 0.1) is 0 Å². The van der Waals surface area contributed by atoms with Crippen molar-refractivity contribution in [3.05, 3.63) is 42.1 Å². The number of amides is 1. The van der Waals surface area contributed by atoms with Crippen molar-refractivity contribution in [1.29, 1.82) is 0 Å². The number of aromatic nitrogens is 3. The predicted molar refractivity (Wildman–Crippen MR) is 120 cm³/mol. The quantitative estimate of drug-likeness (QED) is 0.555. The summed E-state index contributed by atoms with van der Waals surface area (Å²) in [7, 11) is 0. The number of fused-ring (bicyclic) bond motifs is 1. The highest BCUT2D eigenvalue weighted by atomic mass is 16.1. The molecule has 8 heteroatoms. The lowest BCUT2D eigenvalue weighted by Crippen LogP contribution is -2.33. The molecular formula is C22H29N7O. The number of carbonyl (C=O) groups is 1. The van der Waals surface area contributed by atoms with Gasteiger partial charge >= 0.3 is 0 Å². The van der Waals surface area contributed by atoms with Crippen molar-refractivity contribution in [3.63, 3.8) is 0 Å². The summed E-state index contributed by atoms with van der Waals surface area (Å²) in [6, 6.07) is 9.29. The third kappa shape index (κ3) is 4.60. The van der Waals surface area contributed by atoms with Gasteiger partial charge in [-0.3, -0.25) is 4.79 Å². The molecule has 4 N–H and O–H groups in total. The van der Waals surface area contributed by atoms with E-state index in [9.17, 15) is 4.79 Å². The molecule has 3 heterocycles. The van der Waals surface area contributed by atoms with Crippen LogP contribution in [0.5, 0.6) is 0 Å². The lowest BCUT2D eigenvalue weighted by molar-refractivity contribution is 0.100. The van der Waals surface area contributed by atoms with E-state index in [1.807, 2.05) is 18.2 Å². The lowest BCUT2D eigenvalue weighted by atomic mass is 10.2. The van der Waals surface area contributed by atoms with E-state index in [1.165, 1.54) is 13.0 Å². The summed E-state index contributed by atoms with van der Waals surface area (Å²) in [5, 5.41) is 3.41. The number of nitrogens with zero attached hydrogens (tertiary/aromatic N) is 4. The largest absolute Gasteiger partial charge is 0.369 e. The van der Waals surface area contributed by atoms with Crippen molar-refractivity contribution in [2.24, 2.45) is 5.73 Å². The molecular weight excluding hydrogens is 378 g/mol. The number of carbonyl (C=O) groups excluding carboxylic acids is 1. The van der Waals surface area contributed by atoms with Gasteiger partial charge < -0.3 is 25.8 Å². The van der Waals surface area contributed by atoms with Crippen LogP contribution in [0.25, 0.3) is 22.4 Å². The Morgan fingerprint density at radius 3 is 2.77 bits per heavy atom. The molecule has 0 saturated carbocycles. The smallest absolute Gasteiger partial charge is 0.250 e. The SMILES string of the molecule is CCN1CCCN(CCNc2ccc(-c3nc4c(C(N)=O)cccc4[nH]3)cn2)CC1. The second kappa shape index (κ2) is 9.23. The fourth-order valence-corrected chi connectivity index (χ4v) is 3.91. The van der Waals surface area contributed by atoms with Crippen molar-refractivity contribution < 1.29 is 4.79 Å². The zero-order valence-corrected chi connectivity index (χ0v) is 17.4. The van der Waals surface area contributed by atoms with E-state index in [-0.39, 0.29) is 0 Å². The van der Waals surface area contributed by atoms with Crippen LogP contribution in [0.15, 0.2) is 36.5 Å². The Balaban J connectivity index is 1.36. The molecule has 8 nitrogen and oxygen atoms in total. The van der Waals surface area contributed by atoms with Gasteiger partial charge in [-0.1, -0.05) is 13.0 Å². The molecule has 30 heavy (non-hydrogen) atoms. The van der Waals surface area contributed by atoms with Crippen LogP contribution in [-0.4, -0.2) is 76.5 Å². The number of para-hydroxylation sites is 1. The summed E-state index contributed by atoms with van der Waals surface area (Å²) in [6.07, 6.45) is 3.02. The van der Waals surface area contributed by atoms with Gasteiger partial charge in [-0.15, -0.1) is 0 Å². The number of nitrogens with two attached hydrogens (primary N) is 1. The zero-order chi connectivity index (χ0) is 20.9. The minimum atomic E-state index is -0.483. The van der Waals surface area contributed by atoms with E-state index < -0.39 is 5.91 Å². The number of aromatic amines is 1. The van der Waals surface area contributed by atoms with Gasteiger partial charge in [0.2, 0.25) is 0 Å². The molecule has 0 radical (unpaired) electrons. The van der Waals surface area contributed by atoms with Gasteiger partial charge in [0, 0.05) is 37.9 Å². The van der Waals surface area contributed by atoms with Crippen LogP contribution in [0.4, 0.5) is 5.82 Å². The number of hydrogen-bond donors (Lipinski definition) is 3. The lowest BCUT2D eigenvalue weighted by Gasteiger charge is -2.21. The molecule has 1 amide bonds. The van der Waals surface area contributed by atoms with Gasteiger partial charge in [-0.2, -0.15) is 0 Å². The molecule has 1 aromatic carbocycles. The van der Waals surface area contributed by atoms with Crippen LogP contribution >= 0.6 is 0 Å². The van der Waals surface area contributed by atoms with Crippen molar-refractivity contribution in [3.8, 4) is 11.4 Å². The number of primary amides is 1. The number of rotatable bonds is 7. The molecule has 0 aliphatic carbocycles. The van der Waals surface area contributed by atoms with E-state index in [0.717, 1.165) is 56.2 Å².